The average Bonchev–Trinajstić information content (AvgIpc) is 3.17. The number of nitriles is 1. The Kier molecular flexibility index (Phi) is 5.62. The smallest absolute Gasteiger partial charge is 0.0999 e. The molecule has 29 heavy (non-hydrogen) atoms. The van der Waals surface area contributed by atoms with Gasteiger partial charge in [0.1, 0.15) is 0 Å². The number of rotatable bonds is 5. The van der Waals surface area contributed by atoms with Crippen molar-refractivity contribution < 1.29 is 0 Å². The second-order valence-corrected chi connectivity index (χ2v) is 7.36. The van der Waals surface area contributed by atoms with Crippen molar-refractivity contribution in [1.82, 2.24) is 14.5 Å². The van der Waals surface area contributed by atoms with Crippen molar-refractivity contribution in [3.8, 4) is 28.6 Å². The zero-order chi connectivity index (χ0) is 20.2. The van der Waals surface area contributed by atoms with Crippen molar-refractivity contribution in [3.05, 3.63) is 94.5 Å². The van der Waals surface area contributed by atoms with E-state index in [9.17, 15) is 5.26 Å². The Morgan fingerprint density at radius 2 is 1.79 bits per heavy atom. The number of hydrogen-bond donors (Lipinski definition) is 0. The van der Waals surface area contributed by atoms with Crippen LogP contribution in [0.25, 0.3) is 22.5 Å². The Balaban J connectivity index is 1.80. The zero-order valence-electron chi connectivity index (χ0n) is 15.4. The molecule has 2 aromatic heterocycles. The lowest BCUT2D eigenvalue weighted by atomic mass is 10.0. The van der Waals surface area contributed by atoms with Gasteiger partial charge < -0.3 is 4.57 Å². The molecule has 0 bridgehead atoms. The van der Waals surface area contributed by atoms with E-state index < -0.39 is 0 Å². The van der Waals surface area contributed by atoms with Crippen LogP contribution in [-0.2, 0) is 13.0 Å². The van der Waals surface area contributed by atoms with Crippen molar-refractivity contribution in [2.75, 3.05) is 0 Å². The first-order valence-electron chi connectivity index (χ1n) is 9.06. The summed E-state index contributed by atoms with van der Waals surface area (Å²) in [6.07, 6.45) is 5.84. The highest BCUT2D eigenvalue weighted by Crippen LogP contribution is 2.33. The standard InChI is InChI=1S/C23H16Cl2N4/c24-19-7-5-17(6-8-19)23-22(20-14-27-11-9-18(20)13-26)28-15-29(23)12-10-16-3-1-2-4-21(16)25/h1-9,11,14-15H,10,12H2. The molecule has 4 rings (SSSR count). The first-order chi connectivity index (χ1) is 14.2. The maximum atomic E-state index is 9.52. The third-order valence-electron chi connectivity index (χ3n) is 4.73. The van der Waals surface area contributed by atoms with E-state index in [1.807, 2.05) is 48.5 Å². The monoisotopic (exact) mass is 418 g/mol. The van der Waals surface area contributed by atoms with E-state index in [1.165, 1.54) is 0 Å². The van der Waals surface area contributed by atoms with Crippen LogP contribution in [0.15, 0.2) is 73.3 Å². The molecule has 0 radical (unpaired) electrons. The number of imidazole rings is 1. The maximum Gasteiger partial charge on any atom is 0.0999 e. The van der Waals surface area contributed by atoms with Crippen LogP contribution in [0.1, 0.15) is 11.1 Å². The topological polar surface area (TPSA) is 54.5 Å². The second-order valence-electron chi connectivity index (χ2n) is 6.52. The number of benzene rings is 2. The van der Waals surface area contributed by atoms with Gasteiger partial charge in [0.25, 0.3) is 0 Å². The summed E-state index contributed by atoms with van der Waals surface area (Å²) in [7, 11) is 0. The Morgan fingerprint density at radius 1 is 1.00 bits per heavy atom. The summed E-state index contributed by atoms with van der Waals surface area (Å²) >= 11 is 12.4. The number of pyridine rings is 1. The molecule has 0 N–H and O–H groups in total. The van der Waals surface area contributed by atoms with Crippen molar-refractivity contribution in [3.63, 3.8) is 0 Å². The summed E-state index contributed by atoms with van der Waals surface area (Å²) in [6, 6.07) is 19.4. The highest BCUT2D eigenvalue weighted by Gasteiger charge is 2.18. The SMILES string of the molecule is N#Cc1ccncc1-c1ncn(CCc2ccccc2Cl)c1-c1ccc(Cl)cc1. The van der Waals surface area contributed by atoms with Crippen LogP contribution < -0.4 is 0 Å². The third-order valence-corrected chi connectivity index (χ3v) is 5.35. The third kappa shape index (κ3) is 4.02. The predicted octanol–water partition coefficient (Wildman–Crippen LogP) is 6.03. The largest absolute Gasteiger partial charge is 0.330 e. The van der Waals surface area contributed by atoms with Gasteiger partial charge in [0.15, 0.2) is 0 Å². The summed E-state index contributed by atoms with van der Waals surface area (Å²) in [5.41, 5.74) is 4.91. The predicted molar refractivity (Wildman–Crippen MR) is 116 cm³/mol. The molecule has 0 spiro atoms. The van der Waals surface area contributed by atoms with Crippen molar-refractivity contribution in [1.29, 1.82) is 5.26 Å². The number of nitrogens with zero attached hydrogens (tertiary/aromatic N) is 4. The molecule has 0 amide bonds. The first kappa shape index (κ1) is 19.2. The lowest BCUT2D eigenvalue weighted by Crippen LogP contribution is -2.03. The van der Waals surface area contributed by atoms with Gasteiger partial charge in [0, 0.05) is 40.1 Å². The van der Waals surface area contributed by atoms with E-state index >= 15 is 0 Å². The summed E-state index contributed by atoms with van der Waals surface area (Å²) in [5.74, 6) is 0. The summed E-state index contributed by atoms with van der Waals surface area (Å²) in [4.78, 5) is 8.83. The molecule has 0 saturated carbocycles. The van der Waals surface area contributed by atoms with Gasteiger partial charge in [-0.15, -0.1) is 0 Å². The molecule has 0 fully saturated rings. The molecule has 0 aliphatic heterocycles. The fraction of sp³-hybridized carbons (Fsp3) is 0.0870. The van der Waals surface area contributed by atoms with E-state index in [2.05, 4.69) is 20.6 Å². The minimum absolute atomic E-state index is 0.534. The molecule has 0 unspecified atom stereocenters. The van der Waals surface area contributed by atoms with Gasteiger partial charge in [-0.25, -0.2) is 4.98 Å². The van der Waals surface area contributed by atoms with Crippen LogP contribution in [0, 0.1) is 11.3 Å². The molecule has 6 heteroatoms. The Morgan fingerprint density at radius 3 is 2.55 bits per heavy atom. The highest BCUT2D eigenvalue weighted by molar-refractivity contribution is 6.31. The molecular weight excluding hydrogens is 403 g/mol. The van der Waals surface area contributed by atoms with Gasteiger partial charge in [0.05, 0.1) is 29.3 Å². The minimum Gasteiger partial charge on any atom is -0.330 e. The molecule has 0 aliphatic rings. The molecule has 4 nitrogen and oxygen atoms in total. The van der Waals surface area contributed by atoms with E-state index in [1.54, 1.807) is 24.8 Å². The summed E-state index contributed by atoms with van der Waals surface area (Å²) < 4.78 is 2.08. The average molecular weight is 419 g/mol. The molecule has 142 valence electrons. The molecule has 2 aromatic carbocycles. The van der Waals surface area contributed by atoms with Gasteiger partial charge in [-0.1, -0.05) is 53.5 Å². The fourth-order valence-corrected chi connectivity index (χ4v) is 3.64. The van der Waals surface area contributed by atoms with Crippen LogP contribution in [0.3, 0.4) is 0 Å². The second kappa shape index (κ2) is 8.48. The Labute approximate surface area is 179 Å². The lowest BCUT2D eigenvalue weighted by molar-refractivity contribution is 0.702. The Bertz CT molecular complexity index is 1190. The number of hydrogen-bond acceptors (Lipinski definition) is 3. The van der Waals surface area contributed by atoms with Gasteiger partial charge in [0.2, 0.25) is 0 Å². The van der Waals surface area contributed by atoms with Crippen LogP contribution in [0.4, 0.5) is 0 Å². The van der Waals surface area contributed by atoms with Crippen LogP contribution in [0.5, 0.6) is 0 Å². The first-order valence-corrected chi connectivity index (χ1v) is 9.82. The molecule has 2 heterocycles. The van der Waals surface area contributed by atoms with Crippen molar-refractivity contribution >= 4 is 23.2 Å². The Hall–Kier alpha value is -3.13. The molecular formula is C23H16Cl2N4. The normalized spacial score (nSPS) is 10.7. The lowest BCUT2D eigenvalue weighted by Gasteiger charge is -2.12. The maximum absolute atomic E-state index is 9.52. The van der Waals surface area contributed by atoms with Crippen LogP contribution in [-0.4, -0.2) is 14.5 Å². The number of halogens is 2. The quantitative estimate of drug-likeness (QED) is 0.397. The number of aromatic nitrogens is 3. The molecule has 0 saturated heterocycles. The van der Waals surface area contributed by atoms with Gasteiger partial charge >= 0.3 is 0 Å². The van der Waals surface area contributed by atoms with E-state index in [-0.39, 0.29) is 0 Å². The van der Waals surface area contributed by atoms with Crippen molar-refractivity contribution in [2.24, 2.45) is 0 Å². The molecule has 0 atom stereocenters. The number of aryl methyl sites for hydroxylation is 2. The summed E-state index contributed by atoms with van der Waals surface area (Å²) in [6.45, 7) is 0.691. The van der Waals surface area contributed by atoms with E-state index in [4.69, 9.17) is 23.2 Å². The zero-order valence-corrected chi connectivity index (χ0v) is 16.9. The van der Waals surface area contributed by atoms with Crippen LogP contribution in [0.2, 0.25) is 10.0 Å². The van der Waals surface area contributed by atoms with Gasteiger partial charge in [-0.05, 0) is 36.2 Å². The molecule has 4 aromatic rings. The molecule has 0 aliphatic carbocycles. The minimum atomic E-state index is 0.534. The fourth-order valence-electron chi connectivity index (χ4n) is 3.28. The van der Waals surface area contributed by atoms with E-state index in [0.717, 1.165) is 34.0 Å². The van der Waals surface area contributed by atoms with Gasteiger partial charge in [-0.2, -0.15) is 5.26 Å². The summed E-state index contributed by atoms with van der Waals surface area (Å²) in [5, 5.41) is 10.9. The van der Waals surface area contributed by atoms with E-state index in [0.29, 0.717) is 22.7 Å². The van der Waals surface area contributed by atoms with Gasteiger partial charge in [-0.3, -0.25) is 4.98 Å². The van der Waals surface area contributed by atoms with Crippen LogP contribution >= 0.6 is 23.2 Å². The highest BCUT2D eigenvalue weighted by atomic mass is 35.5. The van der Waals surface area contributed by atoms with Crippen molar-refractivity contribution in [2.45, 2.75) is 13.0 Å².